The van der Waals surface area contributed by atoms with Crippen LogP contribution in [0.25, 0.3) is 6.08 Å². The van der Waals surface area contributed by atoms with Gasteiger partial charge in [0.25, 0.3) is 0 Å². The van der Waals surface area contributed by atoms with Gasteiger partial charge in [0.05, 0.1) is 5.69 Å². The maximum Gasteiger partial charge on any atom is 0.0644 e. The number of allylic oxidation sites excluding steroid dienone is 2. The van der Waals surface area contributed by atoms with Gasteiger partial charge in [-0.1, -0.05) is 81.5 Å². The van der Waals surface area contributed by atoms with Crippen molar-refractivity contribution in [1.29, 1.82) is 0 Å². The monoisotopic (exact) mass is 433 g/mol. The number of rotatable bonds is 10. The Labute approximate surface area is 196 Å². The lowest BCUT2D eigenvalue weighted by atomic mass is 10.0. The number of pyridine rings is 1. The molecule has 1 aliphatic carbocycles. The fourth-order valence-corrected chi connectivity index (χ4v) is 3.39. The molecule has 1 heterocycles. The highest BCUT2D eigenvalue weighted by Crippen LogP contribution is 2.38. The first-order chi connectivity index (χ1) is 15.5. The van der Waals surface area contributed by atoms with E-state index in [1.807, 2.05) is 32.1 Å². The van der Waals surface area contributed by atoms with E-state index in [1.165, 1.54) is 36.0 Å². The Balaban J connectivity index is 0.000000305. The molecule has 0 saturated heterocycles. The van der Waals surface area contributed by atoms with Crippen LogP contribution >= 0.6 is 0 Å². The first-order valence-corrected chi connectivity index (χ1v) is 11.9. The zero-order valence-electron chi connectivity index (χ0n) is 20.9. The molecular formula is C29H43N3. The summed E-state index contributed by atoms with van der Waals surface area (Å²) in [6.45, 7) is 16.7. The summed E-state index contributed by atoms with van der Waals surface area (Å²) in [7, 11) is 2.07. The molecule has 0 atom stereocenters. The van der Waals surface area contributed by atoms with Gasteiger partial charge in [-0.15, -0.1) is 0 Å². The lowest BCUT2D eigenvalue weighted by Crippen LogP contribution is -2.29. The van der Waals surface area contributed by atoms with Crippen LogP contribution in [0.15, 0.2) is 73.5 Å². The van der Waals surface area contributed by atoms with E-state index in [4.69, 9.17) is 0 Å². The third-order valence-corrected chi connectivity index (χ3v) is 5.55. The molecule has 3 rings (SSSR count). The molecule has 1 aliphatic rings. The first-order valence-electron chi connectivity index (χ1n) is 11.9. The van der Waals surface area contributed by atoms with Crippen LogP contribution in [0, 0.1) is 6.92 Å². The van der Waals surface area contributed by atoms with Gasteiger partial charge in [-0.3, -0.25) is 4.98 Å². The van der Waals surface area contributed by atoms with Crippen molar-refractivity contribution in [2.24, 2.45) is 0 Å². The Morgan fingerprint density at radius 2 is 1.91 bits per heavy atom. The van der Waals surface area contributed by atoms with E-state index >= 15 is 0 Å². The summed E-state index contributed by atoms with van der Waals surface area (Å²) in [6, 6.07) is 12.8. The second kappa shape index (κ2) is 15.2. The molecule has 0 aliphatic heterocycles. The highest BCUT2D eigenvalue weighted by molar-refractivity contribution is 5.52. The number of nitrogens with one attached hydrogen (secondary N) is 2. The average Bonchev–Trinajstić information content (AvgIpc) is 3.61. The summed E-state index contributed by atoms with van der Waals surface area (Å²) >= 11 is 0. The van der Waals surface area contributed by atoms with E-state index in [0.29, 0.717) is 5.54 Å². The van der Waals surface area contributed by atoms with Crippen LogP contribution in [0.1, 0.15) is 63.3 Å². The van der Waals surface area contributed by atoms with Crippen LogP contribution in [-0.4, -0.2) is 24.1 Å². The molecule has 1 saturated carbocycles. The van der Waals surface area contributed by atoms with E-state index < -0.39 is 0 Å². The van der Waals surface area contributed by atoms with Crippen LogP contribution in [0.4, 0.5) is 5.69 Å². The standard InChI is InChI=1S/C15H20N2.C12H17N.C2H6/c1-4-13(5-2)8-7-10-16-15-9-11-17-14(6-3)12-15;1-10-4-3-5-11(8-10)9-12(13-2)6-7-12;1-2/h4,6,8-9,11-12H,1,3,5,7,10H2,2H3,(H,16,17);3-5,8,13H,6-7,9H2,1-2H3;1-2H3/b13-8+;;. The van der Waals surface area contributed by atoms with Gasteiger partial charge in [-0.2, -0.15) is 0 Å². The molecule has 1 aromatic heterocycles. The van der Waals surface area contributed by atoms with Crippen LogP contribution in [0.3, 0.4) is 0 Å². The normalized spacial score (nSPS) is 13.6. The van der Waals surface area contributed by atoms with Crippen molar-refractivity contribution in [3.05, 3.63) is 90.3 Å². The van der Waals surface area contributed by atoms with E-state index in [-0.39, 0.29) is 0 Å². The van der Waals surface area contributed by atoms with E-state index in [0.717, 1.165) is 30.8 Å². The molecule has 1 fully saturated rings. The van der Waals surface area contributed by atoms with E-state index in [1.54, 1.807) is 12.3 Å². The molecule has 1 aromatic carbocycles. The molecule has 174 valence electrons. The summed E-state index contributed by atoms with van der Waals surface area (Å²) in [4.78, 5) is 4.16. The quantitative estimate of drug-likeness (QED) is 0.303. The zero-order valence-corrected chi connectivity index (χ0v) is 20.9. The predicted molar refractivity (Wildman–Crippen MR) is 143 cm³/mol. The number of aromatic nitrogens is 1. The van der Waals surface area contributed by atoms with Crippen molar-refractivity contribution in [2.75, 3.05) is 18.9 Å². The second-order valence-electron chi connectivity index (χ2n) is 7.92. The van der Waals surface area contributed by atoms with Crippen LogP contribution in [-0.2, 0) is 6.42 Å². The number of nitrogens with zero attached hydrogens (tertiary/aromatic N) is 1. The van der Waals surface area contributed by atoms with Crippen molar-refractivity contribution in [3.63, 3.8) is 0 Å². The minimum atomic E-state index is 0.438. The maximum absolute atomic E-state index is 4.16. The summed E-state index contributed by atoms with van der Waals surface area (Å²) in [6.07, 6.45) is 13.6. The highest BCUT2D eigenvalue weighted by Gasteiger charge is 2.40. The molecule has 0 amide bonds. The molecule has 0 unspecified atom stereocenters. The lowest BCUT2D eigenvalue weighted by molar-refractivity contribution is 0.548. The third kappa shape index (κ3) is 10.1. The van der Waals surface area contributed by atoms with Gasteiger partial charge in [-0.05, 0) is 69.8 Å². The van der Waals surface area contributed by atoms with Crippen molar-refractivity contribution in [2.45, 2.75) is 65.3 Å². The molecule has 3 heteroatoms. The third-order valence-electron chi connectivity index (χ3n) is 5.55. The summed E-state index contributed by atoms with van der Waals surface area (Å²) in [5.41, 5.74) is 6.55. The highest BCUT2D eigenvalue weighted by atomic mass is 15.0. The zero-order chi connectivity index (χ0) is 23.8. The molecule has 3 nitrogen and oxygen atoms in total. The molecule has 2 N–H and O–H groups in total. The molecular weight excluding hydrogens is 390 g/mol. The van der Waals surface area contributed by atoms with E-state index in [9.17, 15) is 0 Å². The largest absolute Gasteiger partial charge is 0.385 e. The predicted octanol–water partition coefficient (Wildman–Crippen LogP) is 7.36. The van der Waals surface area contributed by atoms with Gasteiger partial charge in [0.1, 0.15) is 0 Å². The number of benzene rings is 1. The minimum absolute atomic E-state index is 0.438. The molecule has 0 spiro atoms. The molecule has 0 bridgehead atoms. The van der Waals surface area contributed by atoms with Crippen molar-refractivity contribution in [1.82, 2.24) is 10.3 Å². The number of aryl methyl sites for hydroxylation is 1. The smallest absolute Gasteiger partial charge is 0.0644 e. The molecule has 32 heavy (non-hydrogen) atoms. The SMILES string of the molecule is C=C/C(=C\CCNc1ccnc(C=C)c1)CC.CC.CNC1(Cc2cccc(C)c2)CC1. The van der Waals surface area contributed by atoms with Crippen LogP contribution in [0.2, 0.25) is 0 Å². The van der Waals surface area contributed by atoms with Crippen molar-refractivity contribution >= 4 is 11.8 Å². The Bertz CT molecular complexity index is 847. The number of hydrogen-bond donors (Lipinski definition) is 2. The Morgan fingerprint density at radius 3 is 2.47 bits per heavy atom. The Morgan fingerprint density at radius 1 is 1.16 bits per heavy atom. The van der Waals surface area contributed by atoms with Crippen molar-refractivity contribution in [3.8, 4) is 0 Å². The summed E-state index contributed by atoms with van der Waals surface area (Å²) < 4.78 is 0. The minimum Gasteiger partial charge on any atom is -0.385 e. The van der Waals surface area contributed by atoms with Gasteiger partial charge in [0, 0.05) is 24.0 Å². The number of likely N-dealkylation sites (N-methyl/N-ethyl adjacent to an activating group) is 1. The van der Waals surface area contributed by atoms with Gasteiger partial charge in [-0.25, -0.2) is 0 Å². The van der Waals surface area contributed by atoms with E-state index in [2.05, 4.69) is 80.0 Å². The van der Waals surface area contributed by atoms with Gasteiger partial charge in [0.15, 0.2) is 0 Å². The average molecular weight is 434 g/mol. The number of anilines is 1. The maximum atomic E-state index is 4.16. The Hall–Kier alpha value is -2.65. The second-order valence-corrected chi connectivity index (χ2v) is 7.92. The fraction of sp³-hybridized carbons (Fsp3) is 0.414. The number of hydrogen-bond acceptors (Lipinski definition) is 3. The molecule has 2 aromatic rings. The van der Waals surface area contributed by atoms with Crippen LogP contribution in [0.5, 0.6) is 0 Å². The summed E-state index contributed by atoms with van der Waals surface area (Å²) in [5.74, 6) is 0. The first kappa shape index (κ1) is 27.4. The van der Waals surface area contributed by atoms with Gasteiger partial charge >= 0.3 is 0 Å². The van der Waals surface area contributed by atoms with Crippen molar-refractivity contribution < 1.29 is 0 Å². The molecule has 0 radical (unpaired) electrons. The van der Waals surface area contributed by atoms with Gasteiger partial charge < -0.3 is 10.6 Å². The van der Waals surface area contributed by atoms with Gasteiger partial charge in [0.2, 0.25) is 0 Å². The fourth-order valence-electron chi connectivity index (χ4n) is 3.39. The summed E-state index contributed by atoms with van der Waals surface area (Å²) in [5, 5.41) is 6.78. The Kier molecular flexibility index (Phi) is 13.0. The lowest BCUT2D eigenvalue weighted by Gasteiger charge is -2.13. The topological polar surface area (TPSA) is 37.0 Å². The van der Waals surface area contributed by atoms with Crippen LogP contribution < -0.4 is 10.6 Å².